The van der Waals surface area contributed by atoms with Gasteiger partial charge in [-0.05, 0) is 5.92 Å². The molecule has 0 amide bonds. The van der Waals surface area contributed by atoms with E-state index in [1.807, 2.05) is 11.7 Å². The average molecular weight is 211 g/mol. The molecule has 0 spiro atoms. The van der Waals surface area contributed by atoms with Crippen LogP contribution in [0.1, 0.15) is 19.5 Å². The highest BCUT2D eigenvalue weighted by atomic mass is 16.5. The first-order valence-electron chi connectivity index (χ1n) is 5.39. The van der Waals surface area contributed by atoms with Crippen molar-refractivity contribution in [3.63, 3.8) is 0 Å². The molecule has 1 aromatic rings. The summed E-state index contributed by atoms with van der Waals surface area (Å²) in [5.41, 5.74) is 1.07. The number of nitrogens with zero attached hydrogens (tertiary/aromatic N) is 2. The minimum Gasteiger partial charge on any atom is -0.384 e. The van der Waals surface area contributed by atoms with Crippen LogP contribution < -0.4 is 5.32 Å². The van der Waals surface area contributed by atoms with Gasteiger partial charge in [-0.1, -0.05) is 13.8 Å². The summed E-state index contributed by atoms with van der Waals surface area (Å²) in [6, 6.07) is 2.08. The number of aryl methyl sites for hydroxylation is 1. The largest absolute Gasteiger partial charge is 0.384 e. The molecule has 1 rings (SSSR count). The second-order valence-corrected chi connectivity index (χ2v) is 4.16. The summed E-state index contributed by atoms with van der Waals surface area (Å²) < 4.78 is 6.91. The third-order valence-electron chi connectivity index (χ3n) is 2.18. The lowest BCUT2D eigenvalue weighted by atomic mass is 10.2. The fourth-order valence-corrected chi connectivity index (χ4v) is 1.33. The van der Waals surface area contributed by atoms with Gasteiger partial charge >= 0.3 is 0 Å². The third-order valence-corrected chi connectivity index (χ3v) is 2.18. The maximum Gasteiger partial charge on any atom is 0.124 e. The topological polar surface area (TPSA) is 39.1 Å². The summed E-state index contributed by atoms with van der Waals surface area (Å²) in [5.74, 6) is 1.72. The summed E-state index contributed by atoms with van der Waals surface area (Å²) in [4.78, 5) is 0. The quantitative estimate of drug-likeness (QED) is 0.778. The van der Waals surface area contributed by atoms with Crippen LogP contribution in [0, 0.1) is 5.92 Å². The molecule has 1 aromatic heterocycles. The number of hydrogen-bond acceptors (Lipinski definition) is 3. The van der Waals surface area contributed by atoms with Crippen molar-refractivity contribution in [3.8, 4) is 0 Å². The van der Waals surface area contributed by atoms with Crippen molar-refractivity contribution >= 4 is 5.82 Å². The van der Waals surface area contributed by atoms with Crippen LogP contribution in [0.3, 0.4) is 0 Å². The summed E-state index contributed by atoms with van der Waals surface area (Å²) in [7, 11) is 3.67. The zero-order valence-corrected chi connectivity index (χ0v) is 10.1. The lowest BCUT2D eigenvalue weighted by molar-refractivity contribution is 0.201. The van der Waals surface area contributed by atoms with Crippen LogP contribution >= 0.6 is 0 Å². The molecule has 1 N–H and O–H groups in total. The van der Waals surface area contributed by atoms with Gasteiger partial charge in [0.25, 0.3) is 0 Å². The molecular formula is C11H21N3O. The van der Waals surface area contributed by atoms with Crippen LogP contribution in [0.25, 0.3) is 0 Å². The van der Waals surface area contributed by atoms with Gasteiger partial charge in [0, 0.05) is 33.2 Å². The van der Waals surface area contributed by atoms with Crippen LogP contribution in [0.2, 0.25) is 0 Å². The first-order chi connectivity index (χ1) is 7.13. The van der Waals surface area contributed by atoms with Gasteiger partial charge in [0.2, 0.25) is 0 Å². The maximum atomic E-state index is 5.02. The van der Waals surface area contributed by atoms with E-state index in [-0.39, 0.29) is 0 Å². The number of hydrogen-bond donors (Lipinski definition) is 1. The molecular weight excluding hydrogens is 190 g/mol. The Morgan fingerprint density at radius 1 is 1.53 bits per heavy atom. The van der Waals surface area contributed by atoms with Gasteiger partial charge in [-0.15, -0.1) is 0 Å². The van der Waals surface area contributed by atoms with Crippen LogP contribution in [-0.2, 0) is 18.2 Å². The second-order valence-electron chi connectivity index (χ2n) is 4.16. The smallest absolute Gasteiger partial charge is 0.124 e. The standard InChI is InChI=1S/C11H21N3O/c1-9(2)8-12-11-7-10(5-6-15-4)13-14(11)3/h7,9,12H,5-6,8H2,1-4H3. The number of rotatable bonds is 6. The Bertz CT molecular complexity index is 294. The van der Waals surface area contributed by atoms with Gasteiger partial charge in [-0.25, -0.2) is 0 Å². The Labute approximate surface area is 91.6 Å². The predicted octanol–water partition coefficient (Wildman–Crippen LogP) is 1.68. The highest BCUT2D eigenvalue weighted by molar-refractivity contribution is 5.36. The lowest BCUT2D eigenvalue weighted by Gasteiger charge is -2.07. The van der Waals surface area contributed by atoms with E-state index in [1.165, 1.54) is 0 Å². The highest BCUT2D eigenvalue weighted by Gasteiger charge is 2.04. The molecule has 0 bridgehead atoms. The zero-order chi connectivity index (χ0) is 11.3. The molecule has 15 heavy (non-hydrogen) atoms. The normalized spacial score (nSPS) is 11.0. The van der Waals surface area contributed by atoms with Gasteiger partial charge < -0.3 is 10.1 Å². The lowest BCUT2D eigenvalue weighted by Crippen LogP contribution is -2.10. The van der Waals surface area contributed by atoms with Gasteiger partial charge in [-0.3, -0.25) is 4.68 Å². The molecule has 0 aliphatic carbocycles. The molecule has 0 aliphatic heterocycles. The average Bonchev–Trinajstić information content (AvgIpc) is 2.53. The van der Waals surface area contributed by atoms with Gasteiger partial charge in [0.15, 0.2) is 0 Å². The molecule has 0 aliphatic rings. The number of aromatic nitrogens is 2. The van der Waals surface area contributed by atoms with E-state index in [0.29, 0.717) is 5.92 Å². The van der Waals surface area contributed by atoms with Crippen molar-refractivity contribution in [1.29, 1.82) is 0 Å². The minimum atomic E-state index is 0.641. The summed E-state index contributed by atoms with van der Waals surface area (Å²) in [6.45, 7) is 6.08. The van der Waals surface area contributed by atoms with E-state index in [0.717, 1.165) is 31.1 Å². The molecule has 0 saturated heterocycles. The molecule has 1 heterocycles. The summed E-state index contributed by atoms with van der Waals surface area (Å²) in [6.07, 6.45) is 0.869. The summed E-state index contributed by atoms with van der Waals surface area (Å²) in [5, 5.41) is 7.77. The first kappa shape index (κ1) is 12.0. The predicted molar refractivity (Wildman–Crippen MR) is 62.1 cm³/mol. The summed E-state index contributed by atoms with van der Waals surface area (Å²) >= 11 is 0. The van der Waals surface area contributed by atoms with E-state index >= 15 is 0 Å². The first-order valence-corrected chi connectivity index (χ1v) is 5.39. The van der Waals surface area contributed by atoms with Crippen molar-refractivity contribution in [2.45, 2.75) is 20.3 Å². The Morgan fingerprint density at radius 3 is 2.87 bits per heavy atom. The van der Waals surface area contributed by atoms with Crippen molar-refractivity contribution < 1.29 is 4.74 Å². The monoisotopic (exact) mass is 211 g/mol. The fourth-order valence-electron chi connectivity index (χ4n) is 1.33. The van der Waals surface area contributed by atoms with Crippen molar-refractivity contribution in [1.82, 2.24) is 9.78 Å². The highest BCUT2D eigenvalue weighted by Crippen LogP contribution is 2.10. The number of nitrogens with one attached hydrogen (secondary N) is 1. The van der Waals surface area contributed by atoms with Crippen LogP contribution in [-0.4, -0.2) is 30.0 Å². The number of ether oxygens (including phenoxy) is 1. The molecule has 0 fully saturated rings. The Kier molecular flexibility index (Phi) is 4.62. The molecule has 0 atom stereocenters. The minimum absolute atomic E-state index is 0.641. The van der Waals surface area contributed by atoms with E-state index < -0.39 is 0 Å². The van der Waals surface area contributed by atoms with Gasteiger partial charge in [-0.2, -0.15) is 5.10 Å². The van der Waals surface area contributed by atoms with Crippen LogP contribution in [0.15, 0.2) is 6.07 Å². The van der Waals surface area contributed by atoms with Crippen LogP contribution in [0.5, 0.6) is 0 Å². The molecule has 86 valence electrons. The molecule has 0 radical (unpaired) electrons. The third kappa shape index (κ3) is 3.91. The van der Waals surface area contributed by atoms with Crippen molar-refractivity contribution in [2.24, 2.45) is 13.0 Å². The molecule has 0 unspecified atom stereocenters. The second kappa shape index (κ2) is 5.75. The number of anilines is 1. The SMILES string of the molecule is COCCc1cc(NCC(C)C)n(C)n1. The molecule has 4 nitrogen and oxygen atoms in total. The maximum absolute atomic E-state index is 5.02. The number of methoxy groups -OCH3 is 1. The molecule has 0 saturated carbocycles. The van der Waals surface area contributed by atoms with Crippen molar-refractivity contribution in [3.05, 3.63) is 11.8 Å². The Hall–Kier alpha value is -1.03. The Balaban J connectivity index is 2.52. The fraction of sp³-hybridized carbons (Fsp3) is 0.727. The van der Waals surface area contributed by atoms with E-state index in [9.17, 15) is 0 Å². The zero-order valence-electron chi connectivity index (χ0n) is 10.1. The van der Waals surface area contributed by atoms with Crippen molar-refractivity contribution in [2.75, 3.05) is 25.6 Å². The molecule has 0 aromatic carbocycles. The van der Waals surface area contributed by atoms with Crippen LogP contribution in [0.4, 0.5) is 5.82 Å². The Morgan fingerprint density at radius 2 is 2.27 bits per heavy atom. The van der Waals surface area contributed by atoms with E-state index in [4.69, 9.17) is 4.74 Å². The van der Waals surface area contributed by atoms with E-state index in [1.54, 1.807) is 7.11 Å². The van der Waals surface area contributed by atoms with Gasteiger partial charge in [0.1, 0.15) is 5.82 Å². The van der Waals surface area contributed by atoms with Gasteiger partial charge in [0.05, 0.1) is 12.3 Å². The van der Waals surface area contributed by atoms with E-state index in [2.05, 4.69) is 30.3 Å². The molecule has 4 heteroatoms.